The minimum atomic E-state index is 0.191. The molecule has 0 amide bonds. The van der Waals surface area contributed by atoms with Gasteiger partial charge >= 0.3 is 0 Å². The molecule has 0 N–H and O–H groups in total. The fourth-order valence-corrected chi connectivity index (χ4v) is 0.889. The second kappa shape index (κ2) is 4.31. The normalized spacial score (nSPS) is 12.6. The Labute approximate surface area is 77.5 Å². The maximum Gasteiger partial charge on any atom is 0.214 e. The van der Waals surface area contributed by atoms with E-state index in [1.54, 1.807) is 18.3 Å². The van der Waals surface area contributed by atoms with Gasteiger partial charge in [0.15, 0.2) is 0 Å². The van der Waals surface area contributed by atoms with Crippen LogP contribution in [-0.2, 0) is 0 Å². The SMILES string of the molecule is CCC(C)Oc1cc(Cl)ccn1. The number of ether oxygens (including phenoxy) is 1. The minimum Gasteiger partial charge on any atom is -0.475 e. The zero-order valence-corrected chi connectivity index (χ0v) is 8.01. The van der Waals surface area contributed by atoms with Gasteiger partial charge in [0.25, 0.3) is 0 Å². The average Bonchev–Trinajstić information content (AvgIpc) is 2.04. The van der Waals surface area contributed by atoms with Crippen LogP contribution >= 0.6 is 11.6 Å². The van der Waals surface area contributed by atoms with Crippen molar-refractivity contribution in [2.75, 3.05) is 0 Å². The molecule has 1 aromatic rings. The summed E-state index contributed by atoms with van der Waals surface area (Å²) in [7, 11) is 0. The van der Waals surface area contributed by atoms with Crippen LogP contribution < -0.4 is 4.74 Å². The zero-order chi connectivity index (χ0) is 8.97. The highest BCUT2D eigenvalue weighted by Gasteiger charge is 2.01. The van der Waals surface area contributed by atoms with Crippen LogP contribution in [0.1, 0.15) is 20.3 Å². The Morgan fingerprint density at radius 1 is 1.67 bits per heavy atom. The second-order valence-corrected chi connectivity index (χ2v) is 3.09. The van der Waals surface area contributed by atoms with Crippen molar-refractivity contribution in [2.24, 2.45) is 0 Å². The summed E-state index contributed by atoms with van der Waals surface area (Å²) in [6, 6.07) is 3.44. The van der Waals surface area contributed by atoms with E-state index < -0.39 is 0 Å². The second-order valence-electron chi connectivity index (χ2n) is 2.65. The first-order valence-corrected chi connectivity index (χ1v) is 4.38. The van der Waals surface area contributed by atoms with Gasteiger partial charge in [-0.1, -0.05) is 18.5 Å². The van der Waals surface area contributed by atoms with Crippen LogP contribution in [0.15, 0.2) is 18.3 Å². The van der Waals surface area contributed by atoms with Crippen LogP contribution in [0.5, 0.6) is 5.88 Å². The Kier molecular flexibility index (Phi) is 3.35. The average molecular weight is 186 g/mol. The number of halogens is 1. The van der Waals surface area contributed by atoms with E-state index in [4.69, 9.17) is 16.3 Å². The number of pyridine rings is 1. The van der Waals surface area contributed by atoms with E-state index in [1.807, 2.05) is 6.92 Å². The summed E-state index contributed by atoms with van der Waals surface area (Å²) in [6.45, 7) is 4.07. The molecular formula is C9H12ClNO. The Hall–Kier alpha value is -0.760. The quantitative estimate of drug-likeness (QED) is 0.723. The lowest BCUT2D eigenvalue weighted by Gasteiger charge is -2.10. The summed E-state index contributed by atoms with van der Waals surface area (Å²) >= 11 is 5.75. The molecule has 1 aromatic heterocycles. The number of rotatable bonds is 3. The van der Waals surface area contributed by atoms with Crippen LogP contribution in [-0.4, -0.2) is 11.1 Å². The van der Waals surface area contributed by atoms with Crippen molar-refractivity contribution in [3.05, 3.63) is 23.4 Å². The predicted molar refractivity (Wildman–Crippen MR) is 49.6 cm³/mol. The molecule has 0 aliphatic carbocycles. The van der Waals surface area contributed by atoms with Crippen molar-refractivity contribution in [2.45, 2.75) is 26.4 Å². The smallest absolute Gasteiger partial charge is 0.214 e. The number of hydrogen-bond donors (Lipinski definition) is 0. The molecule has 0 spiro atoms. The highest BCUT2D eigenvalue weighted by Crippen LogP contribution is 2.15. The summed E-state index contributed by atoms with van der Waals surface area (Å²) in [5.74, 6) is 0.594. The molecule has 0 aromatic carbocycles. The number of hydrogen-bond acceptors (Lipinski definition) is 2. The Morgan fingerprint density at radius 3 is 3.00 bits per heavy atom. The molecule has 0 saturated heterocycles. The first-order chi connectivity index (χ1) is 5.72. The van der Waals surface area contributed by atoms with Crippen LogP contribution in [0.3, 0.4) is 0 Å². The van der Waals surface area contributed by atoms with Gasteiger partial charge in [0.2, 0.25) is 5.88 Å². The standard InChI is InChI=1S/C9H12ClNO/c1-3-7(2)12-9-6-8(10)4-5-11-9/h4-7H,3H2,1-2H3. The maximum atomic E-state index is 5.75. The molecule has 66 valence electrons. The molecule has 0 bridgehead atoms. The van der Waals surface area contributed by atoms with Crippen LogP contribution in [0, 0.1) is 0 Å². The van der Waals surface area contributed by atoms with E-state index in [-0.39, 0.29) is 6.10 Å². The van der Waals surface area contributed by atoms with Crippen molar-refractivity contribution >= 4 is 11.6 Å². The molecular weight excluding hydrogens is 174 g/mol. The highest BCUT2D eigenvalue weighted by molar-refractivity contribution is 6.30. The summed E-state index contributed by atoms with van der Waals surface area (Å²) in [5.41, 5.74) is 0. The third-order valence-corrected chi connectivity index (χ3v) is 1.83. The molecule has 0 aliphatic rings. The van der Waals surface area contributed by atoms with E-state index in [1.165, 1.54) is 0 Å². The first-order valence-electron chi connectivity index (χ1n) is 4.00. The highest BCUT2D eigenvalue weighted by atomic mass is 35.5. The van der Waals surface area contributed by atoms with E-state index in [2.05, 4.69) is 11.9 Å². The van der Waals surface area contributed by atoms with E-state index in [0.29, 0.717) is 10.9 Å². The minimum absolute atomic E-state index is 0.191. The van der Waals surface area contributed by atoms with Gasteiger partial charge in [-0.15, -0.1) is 0 Å². The fourth-order valence-electron chi connectivity index (χ4n) is 0.739. The van der Waals surface area contributed by atoms with Gasteiger partial charge < -0.3 is 4.74 Å². The molecule has 2 nitrogen and oxygen atoms in total. The topological polar surface area (TPSA) is 22.1 Å². The van der Waals surface area contributed by atoms with Gasteiger partial charge in [-0.3, -0.25) is 0 Å². The molecule has 1 atom stereocenters. The van der Waals surface area contributed by atoms with Gasteiger partial charge in [-0.25, -0.2) is 4.98 Å². The van der Waals surface area contributed by atoms with Gasteiger partial charge in [0, 0.05) is 17.3 Å². The molecule has 1 heterocycles. The molecule has 0 fully saturated rings. The van der Waals surface area contributed by atoms with Crippen molar-refractivity contribution in [3.8, 4) is 5.88 Å². The lowest BCUT2D eigenvalue weighted by Crippen LogP contribution is -2.10. The molecule has 12 heavy (non-hydrogen) atoms. The van der Waals surface area contributed by atoms with E-state index in [0.717, 1.165) is 6.42 Å². The Balaban J connectivity index is 2.63. The fraction of sp³-hybridized carbons (Fsp3) is 0.444. The van der Waals surface area contributed by atoms with Crippen molar-refractivity contribution in [1.29, 1.82) is 0 Å². The van der Waals surface area contributed by atoms with Crippen molar-refractivity contribution < 1.29 is 4.74 Å². The molecule has 0 aliphatic heterocycles. The van der Waals surface area contributed by atoms with Gasteiger partial charge in [-0.2, -0.15) is 0 Å². The van der Waals surface area contributed by atoms with Crippen LogP contribution in [0.2, 0.25) is 5.02 Å². The molecule has 0 saturated carbocycles. The zero-order valence-electron chi connectivity index (χ0n) is 7.25. The summed E-state index contributed by atoms with van der Waals surface area (Å²) < 4.78 is 5.45. The van der Waals surface area contributed by atoms with Crippen LogP contribution in [0.4, 0.5) is 0 Å². The molecule has 1 rings (SSSR count). The number of aromatic nitrogens is 1. The van der Waals surface area contributed by atoms with E-state index >= 15 is 0 Å². The molecule has 0 radical (unpaired) electrons. The largest absolute Gasteiger partial charge is 0.475 e. The third-order valence-electron chi connectivity index (χ3n) is 1.59. The lowest BCUT2D eigenvalue weighted by molar-refractivity contribution is 0.208. The summed E-state index contributed by atoms with van der Waals surface area (Å²) in [4.78, 5) is 4.02. The summed E-state index contributed by atoms with van der Waals surface area (Å²) in [5, 5.41) is 0.656. The lowest BCUT2D eigenvalue weighted by atomic mass is 10.3. The van der Waals surface area contributed by atoms with Gasteiger partial charge in [-0.05, 0) is 19.4 Å². The Morgan fingerprint density at radius 2 is 2.42 bits per heavy atom. The monoisotopic (exact) mass is 185 g/mol. The maximum absolute atomic E-state index is 5.75. The molecule has 3 heteroatoms. The van der Waals surface area contributed by atoms with Crippen molar-refractivity contribution in [3.63, 3.8) is 0 Å². The first kappa shape index (κ1) is 9.33. The third kappa shape index (κ3) is 2.70. The van der Waals surface area contributed by atoms with Gasteiger partial charge in [0.1, 0.15) is 0 Å². The molecule has 1 unspecified atom stereocenters. The van der Waals surface area contributed by atoms with E-state index in [9.17, 15) is 0 Å². The van der Waals surface area contributed by atoms with Crippen LogP contribution in [0.25, 0.3) is 0 Å². The predicted octanol–water partition coefficient (Wildman–Crippen LogP) is 2.91. The Bertz CT molecular complexity index is 252. The van der Waals surface area contributed by atoms with Crippen molar-refractivity contribution in [1.82, 2.24) is 4.98 Å². The number of nitrogens with zero attached hydrogens (tertiary/aromatic N) is 1. The summed E-state index contributed by atoms with van der Waals surface area (Å²) in [6.07, 6.45) is 2.80. The van der Waals surface area contributed by atoms with Gasteiger partial charge in [0.05, 0.1) is 6.10 Å².